The summed E-state index contributed by atoms with van der Waals surface area (Å²) in [7, 11) is 0. The maximum Gasteiger partial charge on any atom is 0.331 e. The van der Waals surface area contributed by atoms with Crippen molar-refractivity contribution in [3.8, 4) is 0 Å². The second kappa shape index (κ2) is 5.13. The monoisotopic (exact) mass is 263 g/mol. The molecule has 0 spiro atoms. The van der Waals surface area contributed by atoms with Crippen molar-refractivity contribution in [1.82, 2.24) is 18.9 Å². The zero-order valence-electron chi connectivity index (χ0n) is 11.0. The Balaban J connectivity index is 2.47. The number of aromatic nitrogens is 4. The highest BCUT2D eigenvalue weighted by molar-refractivity contribution is 5.31. The number of nitrogens with two attached hydrogens (primary N) is 1. The van der Waals surface area contributed by atoms with E-state index in [0.717, 1.165) is 16.7 Å². The van der Waals surface area contributed by atoms with E-state index in [9.17, 15) is 9.59 Å². The minimum atomic E-state index is -0.459. The summed E-state index contributed by atoms with van der Waals surface area (Å²) in [4.78, 5) is 24.0. The van der Waals surface area contributed by atoms with Crippen LogP contribution in [0.2, 0.25) is 0 Å². The van der Waals surface area contributed by atoms with Gasteiger partial charge < -0.3 is 5.73 Å². The molecule has 7 heteroatoms. The average Bonchev–Trinajstić information content (AvgIpc) is 2.86. The van der Waals surface area contributed by atoms with Crippen LogP contribution in [-0.4, -0.2) is 18.9 Å². The van der Waals surface area contributed by atoms with Crippen LogP contribution < -0.4 is 17.0 Å². The van der Waals surface area contributed by atoms with E-state index in [4.69, 9.17) is 5.73 Å². The number of nitrogens with zero attached hydrogens (tertiary/aromatic N) is 4. The van der Waals surface area contributed by atoms with Crippen molar-refractivity contribution in [3.63, 3.8) is 0 Å². The van der Waals surface area contributed by atoms with Crippen LogP contribution in [0.3, 0.4) is 0 Å². The Kier molecular flexibility index (Phi) is 3.55. The zero-order chi connectivity index (χ0) is 14.0. The second-order valence-corrected chi connectivity index (χ2v) is 4.25. The van der Waals surface area contributed by atoms with E-state index in [0.29, 0.717) is 6.54 Å². The molecule has 0 aliphatic rings. The molecule has 2 aromatic heterocycles. The standard InChI is InChI=1S/C12H17N5O2/c1-3-15-8-10(13)11(18)17(12(15)19)7-9-5-14-16(4-2)6-9/h5-6,8H,3-4,7,13H2,1-2H3. The molecule has 102 valence electrons. The topological polar surface area (TPSA) is 87.8 Å². The summed E-state index contributed by atoms with van der Waals surface area (Å²) < 4.78 is 4.29. The van der Waals surface area contributed by atoms with E-state index >= 15 is 0 Å². The normalized spacial score (nSPS) is 10.8. The third-order valence-corrected chi connectivity index (χ3v) is 2.96. The molecule has 0 aliphatic heterocycles. The molecule has 2 rings (SSSR count). The van der Waals surface area contributed by atoms with Crippen LogP contribution in [0, 0.1) is 0 Å². The molecule has 2 heterocycles. The fraction of sp³-hybridized carbons (Fsp3) is 0.417. The molecule has 0 aromatic carbocycles. The van der Waals surface area contributed by atoms with Crippen molar-refractivity contribution in [2.75, 3.05) is 5.73 Å². The summed E-state index contributed by atoms with van der Waals surface area (Å²) in [6, 6.07) is 0. The Morgan fingerprint density at radius 1 is 1.21 bits per heavy atom. The van der Waals surface area contributed by atoms with E-state index in [1.54, 1.807) is 10.9 Å². The Morgan fingerprint density at radius 2 is 1.95 bits per heavy atom. The van der Waals surface area contributed by atoms with Gasteiger partial charge in [0.1, 0.15) is 5.69 Å². The van der Waals surface area contributed by atoms with Gasteiger partial charge in [-0.05, 0) is 13.8 Å². The predicted octanol–water partition coefficient (Wildman–Crippen LogP) is -0.123. The minimum absolute atomic E-state index is 0.0735. The van der Waals surface area contributed by atoms with Gasteiger partial charge in [-0.3, -0.25) is 18.6 Å². The number of aryl methyl sites for hydroxylation is 2. The van der Waals surface area contributed by atoms with Crippen molar-refractivity contribution in [2.45, 2.75) is 33.5 Å². The van der Waals surface area contributed by atoms with Crippen molar-refractivity contribution in [2.24, 2.45) is 0 Å². The first-order valence-electron chi connectivity index (χ1n) is 6.17. The van der Waals surface area contributed by atoms with Gasteiger partial charge in [-0.1, -0.05) is 0 Å². The molecule has 0 aliphatic carbocycles. The van der Waals surface area contributed by atoms with Gasteiger partial charge in [0, 0.05) is 31.0 Å². The van der Waals surface area contributed by atoms with E-state index in [-0.39, 0.29) is 17.9 Å². The first-order valence-corrected chi connectivity index (χ1v) is 6.17. The van der Waals surface area contributed by atoms with Gasteiger partial charge in [0.15, 0.2) is 0 Å². The minimum Gasteiger partial charge on any atom is -0.393 e. The lowest BCUT2D eigenvalue weighted by atomic mass is 10.3. The molecule has 2 N–H and O–H groups in total. The first-order chi connectivity index (χ1) is 9.06. The second-order valence-electron chi connectivity index (χ2n) is 4.25. The predicted molar refractivity (Wildman–Crippen MR) is 72.1 cm³/mol. The first kappa shape index (κ1) is 13.1. The van der Waals surface area contributed by atoms with Crippen molar-refractivity contribution < 1.29 is 0 Å². The van der Waals surface area contributed by atoms with E-state index in [2.05, 4.69) is 5.10 Å². The van der Waals surface area contributed by atoms with E-state index < -0.39 is 5.56 Å². The Hall–Kier alpha value is -2.31. The van der Waals surface area contributed by atoms with Gasteiger partial charge in [-0.25, -0.2) is 4.79 Å². The number of rotatable bonds is 4. The lowest BCUT2D eigenvalue weighted by molar-refractivity contribution is 0.602. The Morgan fingerprint density at radius 3 is 2.53 bits per heavy atom. The third kappa shape index (κ3) is 2.44. The van der Waals surface area contributed by atoms with Crippen LogP contribution in [0.4, 0.5) is 5.69 Å². The van der Waals surface area contributed by atoms with Gasteiger partial charge in [-0.2, -0.15) is 5.10 Å². The van der Waals surface area contributed by atoms with Gasteiger partial charge in [0.05, 0.1) is 12.7 Å². The SMILES string of the molecule is CCn1cc(Cn2c(=O)c(N)cn(CC)c2=O)cn1. The fourth-order valence-corrected chi connectivity index (χ4v) is 1.89. The Labute approximate surface area is 109 Å². The molecular weight excluding hydrogens is 246 g/mol. The van der Waals surface area contributed by atoms with Gasteiger partial charge >= 0.3 is 5.69 Å². The number of hydrogen-bond donors (Lipinski definition) is 1. The maximum atomic E-state index is 12.1. The van der Waals surface area contributed by atoms with Crippen LogP contribution in [-0.2, 0) is 19.6 Å². The molecule has 2 aromatic rings. The van der Waals surface area contributed by atoms with Crippen LogP contribution in [0.5, 0.6) is 0 Å². The smallest absolute Gasteiger partial charge is 0.331 e. The van der Waals surface area contributed by atoms with Gasteiger partial charge in [0.25, 0.3) is 5.56 Å². The molecule has 0 saturated heterocycles. The summed E-state index contributed by atoms with van der Waals surface area (Å²) in [6.07, 6.45) is 4.84. The van der Waals surface area contributed by atoms with E-state index in [1.165, 1.54) is 10.8 Å². The number of hydrogen-bond acceptors (Lipinski definition) is 4. The molecule has 0 fully saturated rings. The largest absolute Gasteiger partial charge is 0.393 e. The molecule has 19 heavy (non-hydrogen) atoms. The Bertz CT molecular complexity index is 695. The molecule has 0 unspecified atom stereocenters. The average molecular weight is 263 g/mol. The van der Waals surface area contributed by atoms with Gasteiger partial charge in [0.2, 0.25) is 0 Å². The maximum absolute atomic E-state index is 12.1. The van der Waals surface area contributed by atoms with E-state index in [1.807, 2.05) is 20.0 Å². The molecule has 0 saturated carbocycles. The molecule has 0 bridgehead atoms. The molecule has 0 radical (unpaired) electrons. The molecular formula is C12H17N5O2. The molecule has 7 nitrogen and oxygen atoms in total. The lowest BCUT2D eigenvalue weighted by Gasteiger charge is -2.08. The summed E-state index contributed by atoms with van der Waals surface area (Å²) in [5.41, 5.74) is 5.70. The summed E-state index contributed by atoms with van der Waals surface area (Å²) >= 11 is 0. The highest BCUT2D eigenvalue weighted by Crippen LogP contribution is 1.99. The summed E-state index contributed by atoms with van der Waals surface area (Å²) in [5.74, 6) is 0. The molecule has 0 amide bonds. The third-order valence-electron chi connectivity index (χ3n) is 2.96. The molecule has 0 atom stereocenters. The summed E-state index contributed by atoms with van der Waals surface area (Å²) in [5, 5.41) is 4.12. The van der Waals surface area contributed by atoms with Crippen molar-refractivity contribution in [3.05, 3.63) is 45.0 Å². The fourth-order valence-electron chi connectivity index (χ4n) is 1.89. The number of anilines is 1. The zero-order valence-corrected chi connectivity index (χ0v) is 11.0. The van der Waals surface area contributed by atoms with Gasteiger partial charge in [-0.15, -0.1) is 0 Å². The van der Waals surface area contributed by atoms with Crippen LogP contribution >= 0.6 is 0 Å². The highest BCUT2D eigenvalue weighted by atomic mass is 16.2. The lowest BCUT2D eigenvalue weighted by Crippen LogP contribution is -2.40. The van der Waals surface area contributed by atoms with Crippen LogP contribution in [0.25, 0.3) is 0 Å². The van der Waals surface area contributed by atoms with Crippen molar-refractivity contribution in [1.29, 1.82) is 0 Å². The summed E-state index contributed by atoms with van der Waals surface area (Å²) in [6.45, 7) is 5.18. The van der Waals surface area contributed by atoms with Crippen LogP contribution in [0.1, 0.15) is 19.4 Å². The van der Waals surface area contributed by atoms with Crippen LogP contribution in [0.15, 0.2) is 28.2 Å². The highest BCUT2D eigenvalue weighted by Gasteiger charge is 2.10. The number of nitrogen functional groups attached to an aromatic ring is 1. The quantitative estimate of drug-likeness (QED) is 0.832. The van der Waals surface area contributed by atoms with Crippen molar-refractivity contribution >= 4 is 5.69 Å².